The van der Waals surface area contributed by atoms with Crippen molar-refractivity contribution < 1.29 is 0 Å². The molecule has 2 nitrogen and oxygen atoms in total. The van der Waals surface area contributed by atoms with Crippen molar-refractivity contribution in [1.82, 2.24) is 10.3 Å². The van der Waals surface area contributed by atoms with Gasteiger partial charge in [-0.1, -0.05) is 121 Å². The first kappa shape index (κ1) is 25.5. The van der Waals surface area contributed by atoms with E-state index in [1.165, 1.54) is 60.5 Å². The molecule has 2 heteroatoms. The van der Waals surface area contributed by atoms with Crippen LogP contribution in [0.2, 0.25) is 0 Å². The first-order valence-electron chi connectivity index (χ1n) is 15.2. The molecule has 0 unspecified atom stereocenters. The molecule has 0 spiro atoms. The van der Waals surface area contributed by atoms with Crippen LogP contribution >= 0.6 is 0 Å². The first-order chi connectivity index (χ1) is 21.2. The summed E-state index contributed by atoms with van der Waals surface area (Å²) in [4.78, 5) is 4.98. The maximum absolute atomic E-state index is 4.98. The van der Waals surface area contributed by atoms with Gasteiger partial charge in [0, 0.05) is 12.1 Å². The average molecular weight is 553 g/mol. The standard InChI is InChI=1S/C41H32N2/c1-27-16-17-31-26-32(23-22-30(31)25-27)41-35-11-4-2-9-33(35)40(34-10-3-5-12-36(34)41)29-20-18-28(19-21-29)37-14-8-15-39(43-37)38-13-6-7-24-42-38/h2-15,18-23,25-26,42H,16-17,24H2,1H3. The number of aromatic nitrogens is 1. The minimum Gasteiger partial charge on any atom is -0.380 e. The lowest BCUT2D eigenvalue weighted by Crippen LogP contribution is -2.15. The Morgan fingerprint density at radius 3 is 1.91 bits per heavy atom. The number of rotatable bonds is 4. The molecular weight excluding hydrogens is 520 g/mol. The molecule has 0 bridgehead atoms. The zero-order chi connectivity index (χ0) is 28.8. The summed E-state index contributed by atoms with van der Waals surface area (Å²) in [7, 11) is 0. The number of fused-ring (bicyclic) bond motifs is 3. The minimum absolute atomic E-state index is 0.830. The molecule has 43 heavy (non-hydrogen) atoms. The second-order valence-corrected chi connectivity index (χ2v) is 11.6. The SMILES string of the molecule is CC1=Cc2ccc(-c3c4ccccc4c(-c4ccc(-c5cccc(C6=CC=CCN6)n5)cc4)c4ccccc34)cc2CC1. The Kier molecular flexibility index (Phi) is 6.26. The Morgan fingerprint density at radius 2 is 1.23 bits per heavy atom. The third-order valence-corrected chi connectivity index (χ3v) is 8.86. The van der Waals surface area contributed by atoms with Gasteiger partial charge in [-0.3, -0.25) is 0 Å². The normalized spacial score (nSPS) is 14.3. The highest BCUT2D eigenvalue weighted by atomic mass is 14.9. The zero-order valence-electron chi connectivity index (χ0n) is 24.3. The van der Waals surface area contributed by atoms with Crippen molar-refractivity contribution in [3.63, 3.8) is 0 Å². The molecule has 0 fully saturated rings. The van der Waals surface area contributed by atoms with Gasteiger partial charge in [-0.15, -0.1) is 0 Å². The van der Waals surface area contributed by atoms with E-state index < -0.39 is 0 Å². The van der Waals surface area contributed by atoms with E-state index >= 15 is 0 Å². The molecule has 6 aromatic rings. The molecule has 2 heterocycles. The van der Waals surface area contributed by atoms with Gasteiger partial charge in [-0.2, -0.15) is 0 Å². The van der Waals surface area contributed by atoms with Gasteiger partial charge in [0.25, 0.3) is 0 Å². The second kappa shape index (κ2) is 10.6. The van der Waals surface area contributed by atoms with Crippen molar-refractivity contribution in [2.45, 2.75) is 19.8 Å². The number of hydrogen-bond acceptors (Lipinski definition) is 2. The van der Waals surface area contributed by atoms with Gasteiger partial charge in [0.2, 0.25) is 0 Å². The molecular formula is C41H32N2. The fraction of sp³-hybridized carbons (Fsp3) is 0.0976. The monoisotopic (exact) mass is 552 g/mol. The lowest BCUT2D eigenvalue weighted by molar-refractivity contribution is 0.928. The van der Waals surface area contributed by atoms with Gasteiger partial charge in [0.15, 0.2) is 0 Å². The number of aryl methyl sites for hydroxylation is 1. The number of nitrogens with one attached hydrogen (secondary N) is 1. The van der Waals surface area contributed by atoms with Gasteiger partial charge in [-0.25, -0.2) is 4.98 Å². The predicted octanol–water partition coefficient (Wildman–Crippen LogP) is 10.2. The van der Waals surface area contributed by atoms with Crippen LogP contribution in [0.4, 0.5) is 0 Å². The molecule has 0 saturated heterocycles. The molecule has 0 amide bonds. The molecule has 1 aromatic heterocycles. The van der Waals surface area contributed by atoms with Crippen LogP contribution in [0, 0.1) is 0 Å². The Morgan fingerprint density at radius 1 is 0.605 bits per heavy atom. The molecule has 1 aliphatic carbocycles. The van der Waals surface area contributed by atoms with Crippen molar-refractivity contribution >= 4 is 33.3 Å². The van der Waals surface area contributed by atoms with E-state index in [-0.39, 0.29) is 0 Å². The van der Waals surface area contributed by atoms with Gasteiger partial charge < -0.3 is 5.32 Å². The summed E-state index contributed by atoms with van der Waals surface area (Å²) in [5.74, 6) is 0. The molecule has 0 radical (unpaired) electrons. The third kappa shape index (κ3) is 4.56. The number of benzene rings is 5. The van der Waals surface area contributed by atoms with Crippen molar-refractivity contribution in [2.75, 3.05) is 6.54 Å². The Labute approximate surface area is 252 Å². The quantitative estimate of drug-likeness (QED) is 0.220. The van der Waals surface area contributed by atoms with E-state index in [4.69, 9.17) is 4.98 Å². The summed E-state index contributed by atoms with van der Waals surface area (Å²) < 4.78 is 0. The Hall–Kier alpha value is -5.21. The first-order valence-corrected chi connectivity index (χ1v) is 15.2. The fourth-order valence-electron chi connectivity index (χ4n) is 6.73. The molecule has 0 saturated carbocycles. The van der Waals surface area contributed by atoms with Crippen LogP contribution in [0.1, 0.15) is 30.2 Å². The lowest BCUT2D eigenvalue weighted by atomic mass is 9.84. The number of pyridine rings is 1. The van der Waals surface area contributed by atoms with Crippen LogP contribution in [-0.4, -0.2) is 11.5 Å². The number of hydrogen-bond donors (Lipinski definition) is 1. The number of nitrogens with zero attached hydrogens (tertiary/aromatic N) is 1. The smallest absolute Gasteiger partial charge is 0.0868 e. The number of dihydropyridines is 1. The summed E-state index contributed by atoms with van der Waals surface area (Å²) >= 11 is 0. The van der Waals surface area contributed by atoms with Gasteiger partial charge >= 0.3 is 0 Å². The molecule has 8 rings (SSSR count). The Bertz CT molecular complexity index is 2070. The van der Waals surface area contributed by atoms with Crippen LogP contribution in [0.15, 0.2) is 133 Å². The topological polar surface area (TPSA) is 24.9 Å². The van der Waals surface area contributed by atoms with Crippen LogP contribution in [0.3, 0.4) is 0 Å². The third-order valence-electron chi connectivity index (χ3n) is 8.86. The highest BCUT2D eigenvalue weighted by Gasteiger charge is 2.18. The van der Waals surface area contributed by atoms with Crippen LogP contribution in [0.5, 0.6) is 0 Å². The van der Waals surface area contributed by atoms with E-state index in [1.54, 1.807) is 0 Å². The van der Waals surface area contributed by atoms with Gasteiger partial charge in [0.05, 0.1) is 17.1 Å². The summed E-state index contributed by atoms with van der Waals surface area (Å²) in [5, 5.41) is 8.56. The lowest BCUT2D eigenvalue weighted by Gasteiger charge is -2.20. The maximum Gasteiger partial charge on any atom is 0.0868 e. The molecule has 1 N–H and O–H groups in total. The van der Waals surface area contributed by atoms with Crippen LogP contribution < -0.4 is 5.32 Å². The largest absolute Gasteiger partial charge is 0.380 e. The van der Waals surface area contributed by atoms with E-state index in [2.05, 4.69) is 146 Å². The summed E-state index contributed by atoms with van der Waals surface area (Å²) in [5.41, 5.74) is 13.5. The summed E-state index contributed by atoms with van der Waals surface area (Å²) in [6.45, 7) is 3.07. The molecule has 2 aliphatic rings. The molecule has 5 aromatic carbocycles. The highest BCUT2D eigenvalue weighted by Crippen LogP contribution is 2.44. The zero-order valence-corrected chi connectivity index (χ0v) is 24.3. The average Bonchev–Trinajstić information content (AvgIpc) is 3.07. The van der Waals surface area contributed by atoms with E-state index in [1.807, 2.05) is 0 Å². The molecule has 0 atom stereocenters. The Balaban J connectivity index is 1.27. The van der Waals surface area contributed by atoms with Crippen LogP contribution in [0.25, 0.3) is 66.8 Å². The van der Waals surface area contributed by atoms with Crippen molar-refractivity contribution in [3.8, 4) is 33.5 Å². The fourth-order valence-corrected chi connectivity index (χ4v) is 6.73. The molecule has 206 valence electrons. The maximum atomic E-state index is 4.98. The van der Waals surface area contributed by atoms with Crippen molar-refractivity contribution in [2.24, 2.45) is 0 Å². The summed E-state index contributed by atoms with van der Waals surface area (Å²) in [6.07, 6.45) is 10.9. The van der Waals surface area contributed by atoms with Gasteiger partial charge in [-0.05, 0) is 92.9 Å². The highest BCUT2D eigenvalue weighted by molar-refractivity contribution is 6.21. The van der Waals surface area contributed by atoms with Gasteiger partial charge in [0.1, 0.15) is 0 Å². The van der Waals surface area contributed by atoms with Crippen LogP contribution in [-0.2, 0) is 6.42 Å². The van der Waals surface area contributed by atoms with Crippen molar-refractivity contribution in [1.29, 1.82) is 0 Å². The second-order valence-electron chi connectivity index (χ2n) is 11.6. The number of allylic oxidation sites excluding steroid dienone is 3. The van der Waals surface area contributed by atoms with Crippen molar-refractivity contribution in [3.05, 3.63) is 150 Å². The summed E-state index contributed by atoms with van der Waals surface area (Å²) in [6, 6.07) is 40.0. The predicted molar refractivity (Wildman–Crippen MR) is 183 cm³/mol. The van der Waals surface area contributed by atoms with E-state index in [0.717, 1.165) is 42.0 Å². The van der Waals surface area contributed by atoms with E-state index in [0.29, 0.717) is 0 Å². The molecule has 1 aliphatic heterocycles. The minimum atomic E-state index is 0.830. The van der Waals surface area contributed by atoms with E-state index in [9.17, 15) is 0 Å².